The van der Waals surface area contributed by atoms with Crippen LogP contribution in [0.2, 0.25) is 5.02 Å². The molecule has 1 saturated heterocycles. The molecule has 0 bridgehead atoms. The Bertz CT molecular complexity index is 478. The predicted molar refractivity (Wildman–Crippen MR) is 86.1 cm³/mol. The first-order chi connectivity index (χ1) is 8.97. The molecule has 1 aliphatic heterocycles. The third-order valence-electron chi connectivity index (χ3n) is 3.82. The molecule has 1 aromatic carbocycles. The second-order valence-electron chi connectivity index (χ2n) is 5.25. The van der Waals surface area contributed by atoms with Crippen LogP contribution in [0.15, 0.2) is 18.2 Å². The number of likely N-dealkylation sites (tertiary alicyclic amines) is 1. The van der Waals surface area contributed by atoms with Crippen LogP contribution in [0.4, 0.5) is 5.69 Å². The van der Waals surface area contributed by atoms with Gasteiger partial charge in [0.1, 0.15) is 4.99 Å². The van der Waals surface area contributed by atoms with E-state index in [1.54, 1.807) is 0 Å². The smallest absolute Gasteiger partial charge is 0.104 e. The summed E-state index contributed by atoms with van der Waals surface area (Å²) in [6, 6.07) is 6.76. The minimum absolute atomic E-state index is 0.376. The third-order valence-corrected chi connectivity index (χ3v) is 4.37. The number of rotatable bonds is 3. The molecule has 0 saturated carbocycles. The Labute approximate surface area is 125 Å². The van der Waals surface area contributed by atoms with Gasteiger partial charge in [-0.3, -0.25) is 0 Å². The van der Waals surface area contributed by atoms with Crippen molar-refractivity contribution in [1.29, 1.82) is 0 Å². The Morgan fingerprint density at radius 3 is 2.84 bits per heavy atom. The van der Waals surface area contributed by atoms with Crippen molar-refractivity contribution in [3.63, 3.8) is 0 Å². The lowest BCUT2D eigenvalue weighted by Gasteiger charge is -2.36. The topological polar surface area (TPSA) is 41.3 Å². The van der Waals surface area contributed by atoms with Crippen molar-refractivity contribution in [1.82, 2.24) is 4.90 Å². The van der Waals surface area contributed by atoms with Crippen LogP contribution < -0.4 is 11.1 Å². The SMILES string of the molecule is CC1CC(Nc2ccc(C(N)=S)cc2Cl)CCN1C. The highest BCUT2D eigenvalue weighted by Crippen LogP contribution is 2.26. The molecule has 1 aromatic rings. The van der Waals surface area contributed by atoms with Crippen molar-refractivity contribution in [3.05, 3.63) is 28.8 Å². The van der Waals surface area contributed by atoms with Crippen LogP contribution in [0.3, 0.4) is 0 Å². The Morgan fingerprint density at radius 2 is 2.26 bits per heavy atom. The number of nitrogens with zero attached hydrogens (tertiary/aromatic N) is 1. The first-order valence-corrected chi connectivity index (χ1v) is 7.32. The average Bonchev–Trinajstić information content (AvgIpc) is 2.36. The van der Waals surface area contributed by atoms with Gasteiger partial charge >= 0.3 is 0 Å². The molecule has 3 nitrogen and oxygen atoms in total. The summed E-state index contributed by atoms with van der Waals surface area (Å²) in [7, 11) is 2.17. The molecular formula is C14H20ClN3S. The number of anilines is 1. The van der Waals surface area contributed by atoms with Gasteiger partial charge in [-0.1, -0.05) is 23.8 Å². The van der Waals surface area contributed by atoms with E-state index in [-0.39, 0.29) is 0 Å². The van der Waals surface area contributed by atoms with E-state index >= 15 is 0 Å². The second-order valence-corrected chi connectivity index (χ2v) is 6.10. The van der Waals surface area contributed by atoms with Crippen molar-refractivity contribution in [2.45, 2.75) is 31.8 Å². The van der Waals surface area contributed by atoms with Crippen molar-refractivity contribution in [2.24, 2.45) is 5.73 Å². The fourth-order valence-corrected chi connectivity index (χ4v) is 2.79. The Morgan fingerprint density at radius 1 is 1.53 bits per heavy atom. The van der Waals surface area contributed by atoms with Gasteiger partial charge in [-0.15, -0.1) is 0 Å². The van der Waals surface area contributed by atoms with Gasteiger partial charge in [0.2, 0.25) is 0 Å². The third kappa shape index (κ3) is 3.59. The number of nitrogens with two attached hydrogens (primary N) is 1. The molecule has 2 unspecified atom stereocenters. The highest BCUT2D eigenvalue weighted by atomic mass is 35.5. The van der Waals surface area contributed by atoms with Gasteiger partial charge in [-0.25, -0.2) is 0 Å². The highest BCUT2D eigenvalue weighted by molar-refractivity contribution is 7.80. The van der Waals surface area contributed by atoms with E-state index in [1.807, 2.05) is 18.2 Å². The summed E-state index contributed by atoms with van der Waals surface area (Å²) >= 11 is 11.2. The van der Waals surface area contributed by atoms with Gasteiger partial charge in [-0.05, 0) is 45.0 Å². The molecule has 1 heterocycles. The monoisotopic (exact) mass is 297 g/mol. The average molecular weight is 298 g/mol. The predicted octanol–water partition coefficient (Wildman–Crippen LogP) is 2.87. The quantitative estimate of drug-likeness (QED) is 0.842. The number of piperidine rings is 1. The van der Waals surface area contributed by atoms with E-state index < -0.39 is 0 Å². The molecule has 5 heteroatoms. The summed E-state index contributed by atoms with van der Waals surface area (Å²) in [6.45, 7) is 3.37. The van der Waals surface area contributed by atoms with Crippen LogP contribution in [0, 0.1) is 0 Å². The normalized spacial score (nSPS) is 24.2. The lowest BCUT2D eigenvalue weighted by atomic mass is 9.98. The maximum Gasteiger partial charge on any atom is 0.104 e. The summed E-state index contributed by atoms with van der Waals surface area (Å²) in [5.74, 6) is 0. The van der Waals surface area contributed by atoms with E-state index in [2.05, 4.69) is 24.2 Å². The van der Waals surface area contributed by atoms with E-state index in [1.165, 1.54) is 0 Å². The van der Waals surface area contributed by atoms with Crippen molar-refractivity contribution >= 4 is 34.5 Å². The Balaban J connectivity index is 2.05. The van der Waals surface area contributed by atoms with Crippen LogP contribution in [0.25, 0.3) is 0 Å². The number of hydrogen-bond acceptors (Lipinski definition) is 3. The van der Waals surface area contributed by atoms with Crippen LogP contribution in [0.5, 0.6) is 0 Å². The van der Waals surface area contributed by atoms with Gasteiger partial charge in [-0.2, -0.15) is 0 Å². The second kappa shape index (κ2) is 6.07. The van der Waals surface area contributed by atoms with Crippen LogP contribution in [-0.2, 0) is 0 Å². The lowest BCUT2D eigenvalue weighted by molar-refractivity contribution is 0.190. The molecule has 104 valence electrons. The van der Waals surface area contributed by atoms with Gasteiger partial charge in [0.05, 0.1) is 10.7 Å². The molecule has 0 aromatic heterocycles. The number of halogens is 1. The summed E-state index contributed by atoms with van der Waals surface area (Å²) in [5.41, 5.74) is 7.37. The first kappa shape index (κ1) is 14.6. The molecule has 0 amide bonds. The van der Waals surface area contributed by atoms with Gasteiger partial charge in [0.15, 0.2) is 0 Å². The van der Waals surface area contributed by atoms with Crippen molar-refractivity contribution in [3.8, 4) is 0 Å². The standard InChI is InChI=1S/C14H20ClN3S/c1-9-7-11(5-6-18(9)2)17-13-4-3-10(14(16)19)8-12(13)15/h3-4,8-9,11,17H,5-7H2,1-2H3,(H2,16,19). The summed E-state index contributed by atoms with van der Waals surface area (Å²) in [4.78, 5) is 2.76. The number of hydrogen-bond donors (Lipinski definition) is 2. The van der Waals surface area contributed by atoms with Gasteiger partial charge in [0, 0.05) is 24.2 Å². The number of thiocarbonyl (C=S) groups is 1. The molecule has 0 spiro atoms. The Kier molecular flexibility index (Phi) is 4.66. The van der Waals surface area contributed by atoms with Crippen LogP contribution in [0.1, 0.15) is 25.3 Å². The zero-order valence-electron chi connectivity index (χ0n) is 11.3. The minimum Gasteiger partial charge on any atom is -0.389 e. The lowest BCUT2D eigenvalue weighted by Crippen LogP contribution is -2.42. The summed E-state index contributed by atoms with van der Waals surface area (Å²) < 4.78 is 0. The summed E-state index contributed by atoms with van der Waals surface area (Å²) in [5, 5.41) is 4.20. The van der Waals surface area contributed by atoms with E-state index in [4.69, 9.17) is 29.6 Å². The first-order valence-electron chi connectivity index (χ1n) is 6.53. The molecule has 19 heavy (non-hydrogen) atoms. The van der Waals surface area contributed by atoms with Gasteiger partial charge < -0.3 is 16.0 Å². The fourth-order valence-electron chi connectivity index (χ4n) is 2.43. The highest BCUT2D eigenvalue weighted by Gasteiger charge is 2.22. The molecule has 0 aliphatic carbocycles. The van der Waals surface area contributed by atoms with E-state index in [9.17, 15) is 0 Å². The molecule has 1 aliphatic rings. The number of nitrogens with one attached hydrogen (secondary N) is 1. The van der Waals surface area contributed by atoms with Crippen molar-refractivity contribution in [2.75, 3.05) is 18.9 Å². The minimum atomic E-state index is 0.376. The van der Waals surface area contributed by atoms with Crippen LogP contribution in [-0.4, -0.2) is 35.6 Å². The maximum atomic E-state index is 6.27. The molecule has 0 radical (unpaired) electrons. The largest absolute Gasteiger partial charge is 0.389 e. The zero-order chi connectivity index (χ0) is 14.0. The fraction of sp³-hybridized carbons (Fsp3) is 0.500. The molecule has 2 rings (SSSR count). The van der Waals surface area contributed by atoms with Crippen molar-refractivity contribution < 1.29 is 0 Å². The molecule has 2 atom stereocenters. The molecule has 1 fully saturated rings. The number of benzene rings is 1. The maximum absolute atomic E-state index is 6.27. The Hall–Kier alpha value is -0.840. The van der Waals surface area contributed by atoms with E-state index in [0.717, 1.165) is 30.6 Å². The van der Waals surface area contributed by atoms with E-state index in [0.29, 0.717) is 22.1 Å². The zero-order valence-corrected chi connectivity index (χ0v) is 12.9. The summed E-state index contributed by atoms with van der Waals surface area (Å²) in [6.07, 6.45) is 2.26. The molecule has 3 N–H and O–H groups in total. The van der Waals surface area contributed by atoms with Crippen LogP contribution >= 0.6 is 23.8 Å². The van der Waals surface area contributed by atoms with Gasteiger partial charge in [0.25, 0.3) is 0 Å². The molecular weight excluding hydrogens is 278 g/mol.